The first kappa shape index (κ1) is 16.3. The number of ether oxygens (including phenoxy) is 2. The lowest BCUT2D eigenvalue weighted by Gasteiger charge is -2.32. The van der Waals surface area contributed by atoms with Crippen LogP contribution in [-0.4, -0.2) is 43.6 Å². The van der Waals surface area contributed by atoms with Crippen molar-refractivity contribution in [3.05, 3.63) is 29.3 Å². The molecule has 0 saturated carbocycles. The van der Waals surface area contributed by atoms with Crippen molar-refractivity contribution in [3.8, 4) is 5.75 Å². The first-order valence-corrected chi connectivity index (χ1v) is 7.67. The van der Waals surface area contributed by atoms with Gasteiger partial charge in [-0.3, -0.25) is 9.59 Å². The van der Waals surface area contributed by atoms with Gasteiger partial charge in [0, 0.05) is 13.1 Å². The second-order valence-electron chi connectivity index (χ2n) is 5.55. The minimum Gasteiger partial charge on any atom is -0.496 e. The standard InChI is InChI=1S/C17H23NO4/c1-4-22-17(20)13-6-5-9-18(11-13)16(19)14-10-12(2)7-8-15(14)21-3/h7-8,10,13H,4-6,9,11H2,1-3H3/t13-/m0/s1. The number of aryl methyl sites for hydroxylation is 1. The van der Waals surface area contributed by atoms with E-state index in [0.29, 0.717) is 31.0 Å². The maximum absolute atomic E-state index is 12.8. The van der Waals surface area contributed by atoms with Gasteiger partial charge in [0.25, 0.3) is 5.91 Å². The lowest BCUT2D eigenvalue weighted by molar-refractivity contribution is -0.149. The predicted octanol–water partition coefficient (Wildman–Crippen LogP) is 2.42. The van der Waals surface area contributed by atoms with Crippen LogP contribution in [0, 0.1) is 12.8 Å². The maximum atomic E-state index is 12.8. The zero-order valence-electron chi connectivity index (χ0n) is 13.4. The minimum absolute atomic E-state index is 0.0884. The molecule has 1 aliphatic rings. The fourth-order valence-corrected chi connectivity index (χ4v) is 2.77. The van der Waals surface area contributed by atoms with Crippen LogP contribution in [0.3, 0.4) is 0 Å². The quantitative estimate of drug-likeness (QED) is 0.802. The Kier molecular flexibility index (Phi) is 5.41. The molecule has 0 aromatic heterocycles. The number of carbonyl (C=O) groups excluding carboxylic acids is 2. The molecule has 0 N–H and O–H groups in total. The monoisotopic (exact) mass is 305 g/mol. The van der Waals surface area contributed by atoms with Gasteiger partial charge in [-0.05, 0) is 38.8 Å². The van der Waals surface area contributed by atoms with Crippen molar-refractivity contribution in [2.24, 2.45) is 5.92 Å². The summed E-state index contributed by atoms with van der Waals surface area (Å²) in [5, 5.41) is 0. The Labute approximate surface area is 131 Å². The highest BCUT2D eigenvalue weighted by molar-refractivity contribution is 5.97. The Morgan fingerprint density at radius 1 is 1.36 bits per heavy atom. The molecule has 0 aliphatic carbocycles. The van der Waals surface area contributed by atoms with E-state index in [1.807, 2.05) is 19.1 Å². The molecule has 1 aliphatic heterocycles. The number of amides is 1. The van der Waals surface area contributed by atoms with Gasteiger partial charge in [0.15, 0.2) is 0 Å². The normalized spacial score (nSPS) is 18.0. The number of methoxy groups -OCH3 is 1. The van der Waals surface area contributed by atoms with Crippen molar-refractivity contribution >= 4 is 11.9 Å². The summed E-state index contributed by atoms with van der Waals surface area (Å²) >= 11 is 0. The largest absolute Gasteiger partial charge is 0.496 e. The van der Waals surface area contributed by atoms with Gasteiger partial charge in [0.05, 0.1) is 25.2 Å². The molecular formula is C17H23NO4. The molecule has 1 atom stereocenters. The van der Waals surface area contributed by atoms with Gasteiger partial charge < -0.3 is 14.4 Å². The van der Waals surface area contributed by atoms with Gasteiger partial charge in [-0.2, -0.15) is 0 Å². The van der Waals surface area contributed by atoms with E-state index in [2.05, 4.69) is 0 Å². The Morgan fingerprint density at radius 2 is 2.14 bits per heavy atom. The van der Waals surface area contributed by atoms with Gasteiger partial charge >= 0.3 is 5.97 Å². The summed E-state index contributed by atoms with van der Waals surface area (Å²) in [7, 11) is 1.55. The maximum Gasteiger partial charge on any atom is 0.310 e. The number of hydrogen-bond donors (Lipinski definition) is 0. The molecule has 1 saturated heterocycles. The number of nitrogens with zero attached hydrogens (tertiary/aromatic N) is 1. The van der Waals surface area contributed by atoms with Crippen molar-refractivity contribution in [1.82, 2.24) is 4.90 Å². The Bertz CT molecular complexity index is 556. The number of esters is 1. The van der Waals surface area contributed by atoms with Crippen LogP contribution in [0.25, 0.3) is 0 Å². The number of rotatable bonds is 4. The van der Waals surface area contributed by atoms with Gasteiger partial charge in [-0.1, -0.05) is 11.6 Å². The van der Waals surface area contributed by atoms with E-state index in [9.17, 15) is 9.59 Å². The summed E-state index contributed by atoms with van der Waals surface area (Å²) in [5.41, 5.74) is 1.55. The number of likely N-dealkylation sites (tertiary alicyclic amines) is 1. The second kappa shape index (κ2) is 7.29. The molecule has 1 heterocycles. The zero-order valence-corrected chi connectivity index (χ0v) is 13.4. The smallest absolute Gasteiger partial charge is 0.310 e. The highest BCUT2D eigenvalue weighted by atomic mass is 16.5. The van der Waals surface area contributed by atoms with Crippen LogP contribution in [0.1, 0.15) is 35.7 Å². The molecule has 0 radical (unpaired) electrons. The van der Waals surface area contributed by atoms with E-state index in [1.165, 1.54) is 0 Å². The van der Waals surface area contributed by atoms with Crippen molar-refractivity contribution in [1.29, 1.82) is 0 Å². The third-order valence-electron chi connectivity index (χ3n) is 3.91. The summed E-state index contributed by atoms with van der Waals surface area (Å²) in [6, 6.07) is 5.54. The van der Waals surface area contributed by atoms with E-state index < -0.39 is 0 Å². The average Bonchev–Trinajstić information content (AvgIpc) is 2.54. The fraction of sp³-hybridized carbons (Fsp3) is 0.529. The van der Waals surface area contributed by atoms with Gasteiger partial charge in [0.1, 0.15) is 5.75 Å². The summed E-state index contributed by atoms with van der Waals surface area (Å²) in [6.45, 7) is 5.17. The second-order valence-corrected chi connectivity index (χ2v) is 5.55. The van der Waals surface area contributed by atoms with E-state index in [4.69, 9.17) is 9.47 Å². The van der Waals surface area contributed by atoms with Crippen molar-refractivity contribution in [2.45, 2.75) is 26.7 Å². The highest BCUT2D eigenvalue weighted by Gasteiger charge is 2.30. The Balaban J connectivity index is 2.15. The van der Waals surface area contributed by atoms with E-state index >= 15 is 0 Å². The van der Waals surface area contributed by atoms with Gasteiger partial charge in [0.2, 0.25) is 0 Å². The van der Waals surface area contributed by atoms with Gasteiger partial charge in [-0.25, -0.2) is 0 Å². The Hall–Kier alpha value is -2.04. The average molecular weight is 305 g/mol. The molecule has 0 unspecified atom stereocenters. The molecule has 5 nitrogen and oxygen atoms in total. The molecule has 0 bridgehead atoms. The molecule has 2 rings (SSSR count). The molecule has 1 fully saturated rings. The summed E-state index contributed by atoms with van der Waals surface area (Å²) in [6.07, 6.45) is 1.58. The van der Waals surface area contributed by atoms with Crippen molar-refractivity contribution in [3.63, 3.8) is 0 Å². The Morgan fingerprint density at radius 3 is 2.82 bits per heavy atom. The minimum atomic E-state index is -0.228. The molecule has 5 heteroatoms. The SMILES string of the molecule is CCOC(=O)[C@H]1CCCN(C(=O)c2cc(C)ccc2OC)C1. The highest BCUT2D eigenvalue weighted by Crippen LogP contribution is 2.25. The number of benzene rings is 1. The first-order chi connectivity index (χ1) is 10.6. The van der Waals surface area contributed by atoms with Crippen LogP contribution >= 0.6 is 0 Å². The van der Waals surface area contributed by atoms with E-state index in [1.54, 1.807) is 25.0 Å². The van der Waals surface area contributed by atoms with Crippen LogP contribution in [0.4, 0.5) is 0 Å². The van der Waals surface area contributed by atoms with Crippen molar-refractivity contribution < 1.29 is 19.1 Å². The summed E-state index contributed by atoms with van der Waals surface area (Å²) in [5.74, 6) is 0.0352. The summed E-state index contributed by atoms with van der Waals surface area (Å²) < 4.78 is 10.4. The van der Waals surface area contributed by atoms with Crippen LogP contribution in [-0.2, 0) is 9.53 Å². The molecule has 120 valence electrons. The van der Waals surface area contributed by atoms with E-state index in [0.717, 1.165) is 18.4 Å². The fourth-order valence-electron chi connectivity index (χ4n) is 2.77. The lowest BCUT2D eigenvalue weighted by atomic mass is 9.97. The topological polar surface area (TPSA) is 55.8 Å². The van der Waals surface area contributed by atoms with Crippen molar-refractivity contribution in [2.75, 3.05) is 26.8 Å². The van der Waals surface area contributed by atoms with Gasteiger partial charge in [-0.15, -0.1) is 0 Å². The predicted molar refractivity (Wildman–Crippen MR) is 83.0 cm³/mol. The molecule has 1 aromatic rings. The summed E-state index contributed by atoms with van der Waals surface area (Å²) in [4.78, 5) is 26.4. The molecule has 1 amide bonds. The molecule has 0 spiro atoms. The molecule has 22 heavy (non-hydrogen) atoms. The number of carbonyl (C=O) groups is 2. The molecular weight excluding hydrogens is 282 g/mol. The third kappa shape index (κ3) is 3.59. The number of hydrogen-bond acceptors (Lipinski definition) is 4. The number of piperidine rings is 1. The third-order valence-corrected chi connectivity index (χ3v) is 3.91. The van der Waals surface area contributed by atoms with E-state index in [-0.39, 0.29) is 17.8 Å². The van der Waals surface area contributed by atoms with Crippen LogP contribution in [0.5, 0.6) is 5.75 Å². The van der Waals surface area contributed by atoms with Crippen LogP contribution in [0.2, 0.25) is 0 Å². The van der Waals surface area contributed by atoms with Crippen LogP contribution < -0.4 is 4.74 Å². The molecule has 1 aromatic carbocycles. The first-order valence-electron chi connectivity index (χ1n) is 7.67. The van der Waals surface area contributed by atoms with Crippen LogP contribution in [0.15, 0.2) is 18.2 Å². The zero-order chi connectivity index (χ0) is 16.1. The lowest BCUT2D eigenvalue weighted by Crippen LogP contribution is -2.43.